The summed E-state index contributed by atoms with van der Waals surface area (Å²) in [4.78, 5) is 33.4. The summed E-state index contributed by atoms with van der Waals surface area (Å²) in [5.74, 6) is 1.36. The van der Waals surface area contributed by atoms with E-state index in [1.807, 2.05) is 48.7 Å². The van der Waals surface area contributed by atoms with Crippen LogP contribution in [0.4, 0.5) is 11.6 Å². The summed E-state index contributed by atoms with van der Waals surface area (Å²) in [5, 5.41) is 3.66. The van der Waals surface area contributed by atoms with Crippen molar-refractivity contribution in [3.8, 4) is 11.3 Å². The number of halogens is 1. The third kappa shape index (κ3) is 5.08. The van der Waals surface area contributed by atoms with Crippen LogP contribution in [0.25, 0.3) is 11.3 Å². The Morgan fingerprint density at radius 2 is 1.82 bits per heavy atom. The van der Waals surface area contributed by atoms with E-state index in [0.717, 1.165) is 48.8 Å². The van der Waals surface area contributed by atoms with Crippen LogP contribution in [0, 0.1) is 0 Å². The number of H-pyrrole nitrogens is 1. The first-order chi connectivity index (χ1) is 16.7. The molecule has 9 heteroatoms. The minimum absolute atomic E-state index is 0.264. The van der Waals surface area contributed by atoms with Gasteiger partial charge in [0, 0.05) is 67.6 Å². The zero-order valence-electron chi connectivity index (χ0n) is 18.5. The number of pyridine rings is 1. The van der Waals surface area contributed by atoms with Crippen LogP contribution in [0.3, 0.4) is 0 Å². The minimum Gasteiger partial charge on any atom is -0.354 e. The smallest absolute Gasteiger partial charge is 0.276 e. The Morgan fingerprint density at radius 3 is 2.53 bits per heavy atom. The summed E-state index contributed by atoms with van der Waals surface area (Å²) in [6, 6.07) is 15.7. The van der Waals surface area contributed by atoms with Crippen molar-refractivity contribution in [1.29, 1.82) is 0 Å². The Labute approximate surface area is 202 Å². The number of carbonyl (C=O) groups excluding carboxylic acids is 1. The average Bonchev–Trinajstić information content (AvgIpc) is 3.28. The number of benzene rings is 1. The number of hydrogen-bond donors (Lipinski definition) is 2. The number of amides is 1. The molecule has 2 N–H and O–H groups in total. The molecule has 0 atom stereocenters. The molecule has 4 heterocycles. The Kier molecular flexibility index (Phi) is 6.51. The van der Waals surface area contributed by atoms with Crippen LogP contribution in [0.15, 0.2) is 73.3 Å². The van der Waals surface area contributed by atoms with Crippen molar-refractivity contribution in [3.63, 3.8) is 0 Å². The second-order valence-corrected chi connectivity index (χ2v) is 8.52. The zero-order chi connectivity index (χ0) is 23.3. The van der Waals surface area contributed by atoms with Gasteiger partial charge in [0.25, 0.3) is 5.91 Å². The van der Waals surface area contributed by atoms with Gasteiger partial charge in [-0.3, -0.25) is 14.7 Å². The maximum atomic E-state index is 12.8. The van der Waals surface area contributed by atoms with Gasteiger partial charge in [-0.25, -0.2) is 9.97 Å². The van der Waals surface area contributed by atoms with Crippen molar-refractivity contribution >= 4 is 29.1 Å². The SMILES string of the molecule is O=C(Nc1[nH]c(-c2ccc(Cl)cc2)cc1CN1CCN(c2ccccn2)CC1)c1cnccn1. The second kappa shape index (κ2) is 10.0. The van der Waals surface area contributed by atoms with Crippen molar-refractivity contribution < 1.29 is 4.79 Å². The van der Waals surface area contributed by atoms with Crippen molar-refractivity contribution in [2.24, 2.45) is 0 Å². The Morgan fingerprint density at radius 1 is 1.00 bits per heavy atom. The molecule has 0 aliphatic carbocycles. The Hall–Kier alpha value is -3.75. The summed E-state index contributed by atoms with van der Waals surface area (Å²) in [6.45, 7) is 4.29. The van der Waals surface area contributed by atoms with Gasteiger partial charge in [-0.2, -0.15) is 0 Å². The van der Waals surface area contributed by atoms with Crippen LogP contribution < -0.4 is 10.2 Å². The topological polar surface area (TPSA) is 90.0 Å². The third-order valence-electron chi connectivity index (χ3n) is 5.83. The third-order valence-corrected chi connectivity index (χ3v) is 6.08. The molecule has 0 saturated carbocycles. The van der Waals surface area contributed by atoms with Gasteiger partial charge < -0.3 is 15.2 Å². The van der Waals surface area contributed by atoms with Crippen molar-refractivity contribution in [2.75, 3.05) is 36.4 Å². The fourth-order valence-corrected chi connectivity index (χ4v) is 4.16. The number of rotatable bonds is 6. The van der Waals surface area contributed by atoms with Gasteiger partial charge >= 0.3 is 0 Å². The number of anilines is 2. The summed E-state index contributed by atoms with van der Waals surface area (Å²) in [5.41, 5.74) is 3.17. The first-order valence-electron chi connectivity index (χ1n) is 11.1. The Bertz CT molecular complexity index is 1240. The molecule has 1 fully saturated rings. The second-order valence-electron chi connectivity index (χ2n) is 8.09. The largest absolute Gasteiger partial charge is 0.354 e. The minimum atomic E-state index is -0.307. The molecule has 0 bridgehead atoms. The number of piperazine rings is 1. The molecule has 0 unspecified atom stereocenters. The predicted octanol–water partition coefficient (Wildman–Crippen LogP) is 4.09. The molecule has 1 aromatic carbocycles. The molecule has 1 saturated heterocycles. The van der Waals surface area contributed by atoms with E-state index in [1.165, 1.54) is 12.4 Å². The monoisotopic (exact) mass is 473 g/mol. The van der Waals surface area contributed by atoms with Crippen LogP contribution >= 0.6 is 11.6 Å². The first kappa shape index (κ1) is 22.1. The van der Waals surface area contributed by atoms with Gasteiger partial charge in [-0.05, 0) is 35.9 Å². The summed E-state index contributed by atoms with van der Waals surface area (Å²) in [6.07, 6.45) is 6.33. The molecule has 34 heavy (non-hydrogen) atoms. The molecule has 172 valence electrons. The highest BCUT2D eigenvalue weighted by Crippen LogP contribution is 2.28. The van der Waals surface area contributed by atoms with Gasteiger partial charge in [-0.1, -0.05) is 29.8 Å². The van der Waals surface area contributed by atoms with E-state index in [-0.39, 0.29) is 11.6 Å². The number of nitrogens with one attached hydrogen (secondary N) is 2. The van der Waals surface area contributed by atoms with E-state index in [2.05, 4.69) is 41.1 Å². The lowest BCUT2D eigenvalue weighted by atomic mass is 10.1. The molecule has 0 spiro atoms. The number of carbonyl (C=O) groups is 1. The highest BCUT2D eigenvalue weighted by Gasteiger charge is 2.21. The van der Waals surface area contributed by atoms with E-state index in [1.54, 1.807) is 6.20 Å². The lowest BCUT2D eigenvalue weighted by molar-refractivity contribution is 0.102. The van der Waals surface area contributed by atoms with Crippen LogP contribution in [0.5, 0.6) is 0 Å². The van der Waals surface area contributed by atoms with Gasteiger partial charge in [0.1, 0.15) is 17.3 Å². The fourth-order valence-electron chi connectivity index (χ4n) is 4.03. The number of hydrogen-bond acceptors (Lipinski definition) is 6. The quantitative estimate of drug-likeness (QED) is 0.438. The van der Waals surface area contributed by atoms with Gasteiger partial charge in [-0.15, -0.1) is 0 Å². The molecule has 5 rings (SSSR count). The first-order valence-corrected chi connectivity index (χ1v) is 11.5. The zero-order valence-corrected chi connectivity index (χ0v) is 19.2. The number of aromatic amines is 1. The summed E-state index contributed by atoms with van der Waals surface area (Å²) < 4.78 is 0. The van der Waals surface area contributed by atoms with Crippen LogP contribution in [0.1, 0.15) is 16.1 Å². The molecule has 4 aromatic rings. The van der Waals surface area contributed by atoms with Crippen LogP contribution in [-0.2, 0) is 6.54 Å². The van der Waals surface area contributed by atoms with Crippen molar-refractivity contribution in [2.45, 2.75) is 6.54 Å². The molecular formula is C25H24ClN7O. The van der Waals surface area contributed by atoms with E-state index in [9.17, 15) is 4.79 Å². The van der Waals surface area contributed by atoms with E-state index in [4.69, 9.17) is 11.6 Å². The summed E-state index contributed by atoms with van der Waals surface area (Å²) in [7, 11) is 0. The lowest BCUT2D eigenvalue weighted by Gasteiger charge is -2.35. The standard InChI is InChI=1S/C25H24ClN7O/c26-20-6-4-18(5-7-20)21-15-19(24(30-21)31-25(34)22-16-27-9-10-28-22)17-32-11-13-33(14-12-32)23-3-1-2-8-29-23/h1-10,15-16,30H,11-14,17H2,(H,31,34). The normalized spacial score (nSPS) is 14.2. The highest BCUT2D eigenvalue weighted by molar-refractivity contribution is 6.30. The molecule has 0 radical (unpaired) electrons. The Balaban J connectivity index is 1.34. The average molecular weight is 474 g/mol. The predicted molar refractivity (Wildman–Crippen MR) is 133 cm³/mol. The maximum Gasteiger partial charge on any atom is 0.276 e. The molecule has 1 aliphatic rings. The molecule has 1 aliphatic heterocycles. The summed E-state index contributed by atoms with van der Waals surface area (Å²) >= 11 is 6.06. The molecule has 1 amide bonds. The van der Waals surface area contributed by atoms with Crippen molar-refractivity contribution in [1.82, 2.24) is 24.8 Å². The van der Waals surface area contributed by atoms with Gasteiger partial charge in [0.2, 0.25) is 0 Å². The number of aromatic nitrogens is 4. The van der Waals surface area contributed by atoms with Gasteiger partial charge in [0.05, 0.1) is 6.20 Å². The number of nitrogens with zero attached hydrogens (tertiary/aromatic N) is 5. The van der Waals surface area contributed by atoms with E-state index < -0.39 is 0 Å². The van der Waals surface area contributed by atoms with Crippen LogP contribution in [-0.4, -0.2) is 56.9 Å². The molecule has 8 nitrogen and oxygen atoms in total. The molecule has 3 aromatic heterocycles. The highest BCUT2D eigenvalue weighted by atomic mass is 35.5. The van der Waals surface area contributed by atoms with E-state index in [0.29, 0.717) is 17.4 Å². The van der Waals surface area contributed by atoms with Crippen molar-refractivity contribution in [3.05, 3.63) is 89.6 Å². The molecular weight excluding hydrogens is 450 g/mol. The van der Waals surface area contributed by atoms with Gasteiger partial charge in [0.15, 0.2) is 0 Å². The fraction of sp³-hybridized carbons (Fsp3) is 0.200. The maximum absolute atomic E-state index is 12.8. The van der Waals surface area contributed by atoms with Crippen LogP contribution in [0.2, 0.25) is 5.02 Å². The lowest BCUT2D eigenvalue weighted by Crippen LogP contribution is -2.46. The van der Waals surface area contributed by atoms with E-state index >= 15 is 0 Å².